The van der Waals surface area contributed by atoms with E-state index in [4.69, 9.17) is 0 Å². The van der Waals surface area contributed by atoms with E-state index in [1.807, 2.05) is 5.32 Å². The van der Waals surface area contributed by atoms with Crippen molar-refractivity contribution in [2.45, 2.75) is 18.8 Å². The minimum absolute atomic E-state index is 0.165. The standard InChI is InChI=1S/C12H14F3N3O4/c1-3-22-10(20)18-11(9(19)21-2,12(13,14)15)17-8-6-4-5-7-16-8/h4-7H,3H2,1-2H3,(H,16,17)(H,18,20)/p+1/t11-/m0/s1. The molecule has 7 nitrogen and oxygen atoms in total. The third-order valence-electron chi connectivity index (χ3n) is 2.51. The van der Waals surface area contributed by atoms with Gasteiger partial charge in [-0.2, -0.15) is 13.2 Å². The summed E-state index contributed by atoms with van der Waals surface area (Å²) in [6, 6.07) is 4.20. The van der Waals surface area contributed by atoms with Gasteiger partial charge in [0.1, 0.15) is 0 Å². The summed E-state index contributed by atoms with van der Waals surface area (Å²) < 4.78 is 49.0. The van der Waals surface area contributed by atoms with Gasteiger partial charge in [0.2, 0.25) is 0 Å². The van der Waals surface area contributed by atoms with Gasteiger partial charge >= 0.3 is 23.9 Å². The van der Waals surface area contributed by atoms with Gasteiger partial charge in [0.25, 0.3) is 5.82 Å². The summed E-state index contributed by atoms with van der Waals surface area (Å²) in [5, 5.41) is 3.38. The minimum atomic E-state index is -5.20. The monoisotopic (exact) mass is 322 g/mol. The zero-order chi connectivity index (χ0) is 16.8. The quantitative estimate of drug-likeness (QED) is 0.625. The number of alkyl carbamates (subject to hydrolysis) is 1. The number of rotatable bonds is 5. The second kappa shape index (κ2) is 6.96. The van der Waals surface area contributed by atoms with Crippen LogP contribution in [0.3, 0.4) is 0 Å². The summed E-state index contributed by atoms with van der Waals surface area (Å²) in [6.45, 7) is 1.24. The van der Waals surface area contributed by atoms with Crippen LogP contribution in [0.25, 0.3) is 0 Å². The Bertz CT molecular complexity index is 524. The lowest BCUT2D eigenvalue weighted by Crippen LogP contribution is -2.69. The normalized spacial score (nSPS) is 13.7. The molecule has 122 valence electrons. The second-order valence-electron chi connectivity index (χ2n) is 3.99. The first-order valence-corrected chi connectivity index (χ1v) is 6.11. The predicted molar refractivity (Wildman–Crippen MR) is 67.6 cm³/mol. The molecule has 22 heavy (non-hydrogen) atoms. The molecule has 0 aliphatic rings. The number of ether oxygens (including phenoxy) is 2. The number of amides is 1. The van der Waals surface area contributed by atoms with Crippen molar-refractivity contribution >= 4 is 17.9 Å². The molecule has 1 rings (SSSR count). The average molecular weight is 322 g/mol. The number of methoxy groups -OCH3 is 1. The average Bonchev–Trinajstić information content (AvgIpc) is 2.45. The molecule has 0 spiro atoms. The fourth-order valence-corrected chi connectivity index (χ4v) is 1.54. The van der Waals surface area contributed by atoms with Crippen LogP contribution in [0.1, 0.15) is 6.92 Å². The first-order chi connectivity index (χ1) is 10.3. The number of hydrogen-bond donors (Lipinski definition) is 2. The Kier molecular flexibility index (Phi) is 5.55. The molecule has 1 atom stereocenters. The molecular weight excluding hydrogens is 307 g/mol. The van der Waals surface area contributed by atoms with Crippen LogP contribution >= 0.6 is 0 Å². The van der Waals surface area contributed by atoms with Crippen LogP contribution in [-0.2, 0) is 14.3 Å². The lowest BCUT2D eigenvalue weighted by Gasteiger charge is -2.29. The number of H-pyrrole nitrogens is 1. The number of alkyl halides is 3. The highest BCUT2D eigenvalue weighted by atomic mass is 19.4. The van der Waals surface area contributed by atoms with Crippen LogP contribution in [-0.4, -0.2) is 37.6 Å². The van der Waals surface area contributed by atoms with E-state index in [1.165, 1.54) is 36.6 Å². The van der Waals surface area contributed by atoms with Crippen molar-refractivity contribution in [1.82, 2.24) is 5.32 Å². The largest absolute Gasteiger partial charge is 0.464 e. The summed E-state index contributed by atoms with van der Waals surface area (Å²) in [5.41, 5.74) is -3.49. The smallest absolute Gasteiger partial charge is 0.464 e. The summed E-state index contributed by atoms with van der Waals surface area (Å²) in [6.07, 6.45) is -5.28. The number of nitrogens with one attached hydrogen (secondary N) is 3. The Labute approximate surface area is 123 Å². The third-order valence-corrected chi connectivity index (χ3v) is 2.51. The molecule has 0 aliphatic carbocycles. The van der Waals surface area contributed by atoms with Gasteiger partial charge in [-0.1, -0.05) is 6.07 Å². The molecule has 0 unspecified atom stereocenters. The summed E-state index contributed by atoms with van der Waals surface area (Å²) in [5.74, 6) is -1.91. The van der Waals surface area contributed by atoms with Crippen LogP contribution < -0.4 is 15.6 Å². The van der Waals surface area contributed by atoms with E-state index in [2.05, 4.69) is 14.5 Å². The molecule has 0 bridgehead atoms. The van der Waals surface area contributed by atoms with E-state index in [0.29, 0.717) is 0 Å². The fourth-order valence-electron chi connectivity index (χ4n) is 1.54. The first-order valence-electron chi connectivity index (χ1n) is 6.11. The number of anilines is 1. The molecule has 3 N–H and O–H groups in total. The predicted octanol–water partition coefficient (Wildman–Crippen LogP) is 1.09. The van der Waals surface area contributed by atoms with E-state index in [9.17, 15) is 22.8 Å². The van der Waals surface area contributed by atoms with Gasteiger partial charge < -0.3 is 9.47 Å². The summed E-state index contributed by atoms with van der Waals surface area (Å²) in [4.78, 5) is 25.6. The van der Waals surface area contributed by atoms with E-state index in [-0.39, 0.29) is 12.4 Å². The van der Waals surface area contributed by atoms with Crippen molar-refractivity contribution in [3.05, 3.63) is 24.4 Å². The van der Waals surface area contributed by atoms with Gasteiger partial charge in [-0.3, -0.25) is 5.32 Å². The summed E-state index contributed by atoms with van der Waals surface area (Å²) >= 11 is 0. The number of pyridine rings is 1. The number of esters is 1. The molecule has 1 amide bonds. The minimum Gasteiger partial charge on any atom is -0.464 e. The molecular formula is C12H15F3N3O4+. The zero-order valence-electron chi connectivity index (χ0n) is 11.8. The third kappa shape index (κ3) is 3.77. The van der Waals surface area contributed by atoms with Crippen molar-refractivity contribution in [1.29, 1.82) is 0 Å². The second-order valence-corrected chi connectivity index (χ2v) is 3.99. The Hall–Kier alpha value is -2.52. The first kappa shape index (κ1) is 17.5. The lowest BCUT2D eigenvalue weighted by molar-refractivity contribution is -0.363. The molecule has 1 heterocycles. The van der Waals surface area contributed by atoms with Gasteiger partial charge in [-0.25, -0.2) is 19.9 Å². The van der Waals surface area contributed by atoms with Crippen LogP contribution in [0.15, 0.2) is 24.4 Å². The molecule has 10 heteroatoms. The molecule has 1 aromatic rings. The lowest BCUT2D eigenvalue weighted by atomic mass is 10.1. The van der Waals surface area contributed by atoms with Crippen LogP contribution in [0, 0.1) is 0 Å². The van der Waals surface area contributed by atoms with Crippen molar-refractivity contribution in [2.75, 3.05) is 19.0 Å². The highest BCUT2D eigenvalue weighted by Crippen LogP contribution is 2.32. The molecule has 0 radical (unpaired) electrons. The maximum atomic E-state index is 13.5. The number of carbonyl (C=O) groups excluding carboxylic acids is 2. The van der Waals surface area contributed by atoms with Crippen molar-refractivity contribution in [2.24, 2.45) is 0 Å². The van der Waals surface area contributed by atoms with Gasteiger partial charge in [0.15, 0.2) is 0 Å². The van der Waals surface area contributed by atoms with E-state index < -0.39 is 23.9 Å². The SMILES string of the molecule is CCOC(=O)N[C@@](Nc1cccc[nH+]1)(C(=O)OC)C(F)(F)F. The number of aromatic nitrogens is 1. The highest BCUT2D eigenvalue weighted by molar-refractivity contribution is 5.89. The number of carbonyl (C=O) groups is 2. The van der Waals surface area contributed by atoms with Crippen LogP contribution in [0.4, 0.5) is 23.8 Å². The molecule has 0 fully saturated rings. The molecule has 1 aromatic heterocycles. The van der Waals surface area contributed by atoms with E-state index in [0.717, 1.165) is 7.11 Å². The number of aromatic amines is 1. The highest BCUT2D eigenvalue weighted by Gasteiger charge is 2.68. The van der Waals surface area contributed by atoms with Gasteiger partial charge in [-0.15, -0.1) is 0 Å². The Morgan fingerprint density at radius 3 is 2.45 bits per heavy atom. The summed E-state index contributed by atoms with van der Waals surface area (Å²) in [7, 11) is 0.770. The topological polar surface area (TPSA) is 90.8 Å². The maximum Gasteiger partial charge on any atom is 0.464 e. The molecule has 0 aromatic carbocycles. The zero-order valence-corrected chi connectivity index (χ0v) is 11.8. The Morgan fingerprint density at radius 1 is 1.32 bits per heavy atom. The van der Waals surface area contributed by atoms with Crippen molar-refractivity contribution in [3.8, 4) is 0 Å². The maximum absolute atomic E-state index is 13.5. The van der Waals surface area contributed by atoms with E-state index >= 15 is 0 Å². The van der Waals surface area contributed by atoms with Gasteiger partial charge in [0.05, 0.1) is 19.9 Å². The Balaban J connectivity index is 3.26. The molecule has 0 saturated heterocycles. The molecule has 0 saturated carbocycles. The Morgan fingerprint density at radius 2 is 2.00 bits per heavy atom. The van der Waals surface area contributed by atoms with Gasteiger partial charge in [0, 0.05) is 6.07 Å². The van der Waals surface area contributed by atoms with Crippen LogP contribution in [0.5, 0.6) is 0 Å². The fraction of sp³-hybridized carbons (Fsp3) is 0.417. The number of hydrogen-bond acceptors (Lipinski definition) is 5. The van der Waals surface area contributed by atoms with Crippen molar-refractivity contribution in [3.63, 3.8) is 0 Å². The van der Waals surface area contributed by atoms with Crippen LogP contribution in [0.2, 0.25) is 0 Å². The van der Waals surface area contributed by atoms with E-state index in [1.54, 1.807) is 0 Å². The molecule has 0 aliphatic heterocycles. The number of halogens is 3. The van der Waals surface area contributed by atoms with Gasteiger partial charge in [-0.05, 0) is 13.0 Å². The van der Waals surface area contributed by atoms with Crippen molar-refractivity contribution < 1.29 is 37.2 Å².